The van der Waals surface area contributed by atoms with Gasteiger partial charge in [-0.15, -0.1) is 0 Å². The van der Waals surface area contributed by atoms with Gasteiger partial charge in [0.15, 0.2) is 16.9 Å². The number of phenolic OH excluding ortho intramolecular Hbond substituents is 3. The maximum absolute atomic E-state index is 12.0. The van der Waals surface area contributed by atoms with E-state index in [0.29, 0.717) is 11.3 Å². The van der Waals surface area contributed by atoms with Crippen LogP contribution in [0.2, 0.25) is 0 Å². The molecule has 0 bridgehead atoms. The fourth-order valence-corrected chi connectivity index (χ4v) is 2.43. The summed E-state index contributed by atoms with van der Waals surface area (Å²) >= 11 is 0. The zero-order valence-electron chi connectivity index (χ0n) is 15.5. The Kier molecular flexibility index (Phi) is 6.99. The van der Waals surface area contributed by atoms with E-state index in [1.165, 1.54) is 6.07 Å². The summed E-state index contributed by atoms with van der Waals surface area (Å²) in [6, 6.07) is 10.2. The molecular weight excluding hydrogens is 398 g/mol. The van der Waals surface area contributed by atoms with Gasteiger partial charge in [-0.05, 0) is 6.42 Å². The van der Waals surface area contributed by atoms with Crippen molar-refractivity contribution in [2.45, 2.75) is 18.9 Å². The smallest absolute Gasteiger partial charge is 0.320 e. The first-order valence-electron chi connectivity index (χ1n) is 8.59. The van der Waals surface area contributed by atoms with Gasteiger partial charge in [0, 0.05) is 24.1 Å². The Bertz CT molecular complexity index is 1120. The summed E-state index contributed by atoms with van der Waals surface area (Å²) in [6.45, 7) is 0. The predicted octanol–water partition coefficient (Wildman–Crippen LogP) is 1.84. The number of nitrogens with two attached hydrogens (primary N) is 1. The topological polar surface area (TPSA) is 192 Å². The van der Waals surface area contributed by atoms with Gasteiger partial charge in [0.1, 0.15) is 22.8 Å². The SMILES string of the molecule is NC(CCC(=O)O)C(=O)O.O=c1cc(-c2ccccc2)oc2cc(O)c(O)c(O)c12. The fourth-order valence-electron chi connectivity index (χ4n) is 2.43. The molecule has 1 unspecified atom stereocenters. The third-order valence-corrected chi connectivity index (χ3v) is 3.99. The quantitative estimate of drug-likeness (QED) is 0.334. The molecule has 0 radical (unpaired) electrons. The summed E-state index contributed by atoms with van der Waals surface area (Å²) in [4.78, 5) is 31.9. The number of carboxylic acids is 2. The van der Waals surface area contributed by atoms with Gasteiger partial charge in [0.2, 0.25) is 5.75 Å². The Morgan fingerprint density at radius 3 is 2.20 bits per heavy atom. The highest BCUT2D eigenvalue weighted by atomic mass is 16.4. The highest BCUT2D eigenvalue weighted by Gasteiger charge is 2.17. The lowest BCUT2D eigenvalue weighted by molar-refractivity contribution is -0.139. The molecule has 0 saturated carbocycles. The normalized spacial score (nSPS) is 11.4. The van der Waals surface area contributed by atoms with Gasteiger partial charge >= 0.3 is 11.9 Å². The molecule has 0 aliphatic rings. The number of hydrogen-bond donors (Lipinski definition) is 6. The number of rotatable bonds is 5. The molecule has 1 heterocycles. The molecule has 1 atom stereocenters. The van der Waals surface area contributed by atoms with Gasteiger partial charge in [0.05, 0.1) is 0 Å². The summed E-state index contributed by atoms with van der Waals surface area (Å²) < 4.78 is 5.51. The van der Waals surface area contributed by atoms with Crippen molar-refractivity contribution in [3.8, 4) is 28.6 Å². The lowest BCUT2D eigenvalue weighted by Crippen LogP contribution is -2.30. The van der Waals surface area contributed by atoms with Crippen LogP contribution < -0.4 is 11.2 Å². The van der Waals surface area contributed by atoms with E-state index in [0.717, 1.165) is 6.07 Å². The Labute approximate surface area is 169 Å². The molecule has 3 aromatic rings. The van der Waals surface area contributed by atoms with Crippen LogP contribution in [0, 0.1) is 0 Å². The van der Waals surface area contributed by atoms with Crippen LogP contribution in [-0.2, 0) is 9.59 Å². The molecule has 10 heteroatoms. The van der Waals surface area contributed by atoms with E-state index in [-0.39, 0.29) is 23.8 Å². The van der Waals surface area contributed by atoms with Crippen LogP contribution in [0.25, 0.3) is 22.3 Å². The summed E-state index contributed by atoms with van der Waals surface area (Å²) in [5.74, 6) is -3.86. The largest absolute Gasteiger partial charge is 0.504 e. The first-order chi connectivity index (χ1) is 14.1. The second-order valence-corrected chi connectivity index (χ2v) is 6.18. The van der Waals surface area contributed by atoms with Crippen molar-refractivity contribution in [1.29, 1.82) is 0 Å². The Morgan fingerprint density at radius 2 is 1.63 bits per heavy atom. The molecule has 0 spiro atoms. The Morgan fingerprint density at radius 1 is 1.00 bits per heavy atom. The standard InChI is InChI=1S/C15H10O5.C5H9NO4/c16-9-6-11(8-4-2-1-3-5-8)20-12-7-10(17)14(18)15(19)13(9)12;6-3(5(9)10)1-2-4(7)8/h1-7,17-19H;3H,1-2,6H2,(H,7,8)(H,9,10). The molecule has 2 aromatic carbocycles. The minimum atomic E-state index is -1.17. The lowest BCUT2D eigenvalue weighted by Gasteiger charge is -2.06. The van der Waals surface area contributed by atoms with Crippen LogP contribution >= 0.6 is 0 Å². The zero-order chi connectivity index (χ0) is 22.4. The van der Waals surface area contributed by atoms with Crippen molar-refractivity contribution in [2.24, 2.45) is 5.73 Å². The van der Waals surface area contributed by atoms with Crippen molar-refractivity contribution in [2.75, 3.05) is 0 Å². The molecular formula is C20H19NO9. The Balaban J connectivity index is 0.000000274. The summed E-state index contributed by atoms with van der Waals surface area (Å²) in [5, 5.41) is 44.7. The number of phenols is 3. The van der Waals surface area contributed by atoms with E-state index in [1.54, 1.807) is 24.3 Å². The van der Waals surface area contributed by atoms with E-state index in [9.17, 15) is 29.7 Å². The maximum atomic E-state index is 12.0. The molecule has 7 N–H and O–H groups in total. The first-order valence-corrected chi connectivity index (χ1v) is 8.59. The fraction of sp³-hybridized carbons (Fsp3) is 0.150. The number of carboxylic acid groups (broad SMARTS) is 2. The zero-order valence-corrected chi connectivity index (χ0v) is 15.5. The molecule has 3 rings (SSSR count). The number of aromatic hydroxyl groups is 3. The van der Waals surface area contributed by atoms with E-state index in [4.69, 9.17) is 20.4 Å². The molecule has 10 nitrogen and oxygen atoms in total. The van der Waals surface area contributed by atoms with Crippen molar-refractivity contribution in [3.63, 3.8) is 0 Å². The van der Waals surface area contributed by atoms with Crippen molar-refractivity contribution in [1.82, 2.24) is 0 Å². The number of fused-ring (bicyclic) bond motifs is 1. The van der Waals surface area contributed by atoms with Gasteiger partial charge in [-0.3, -0.25) is 14.4 Å². The third kappa shape index (κ3) is 5.26. The molecule has 0 aliphatic carbocycles. The van der Waals surface area contributed by atoms with Crippen LogP contribution in [0.4, 0.5) is 0 Å². The molecule has 0 saturated heterocycles. The minimum Gasteiger partial charge on any atom is -0.504 e. The van der Waals surface area contributed by atoms with Crippen molar-refractivity contribution in [3.05, 3.63) is 52.7 Å². The third-order valence-electron chi connectivity index (χ3n) is 3.99. The van der Waals surface area contributed by atoms with Gasteiger partial charge in [0.25, 0.3) is 0 Å². The molecule has 0 fully saturated rings. The van der Waals surface area contributed by atoms with Crippen LogP contribution in [0.3, 0.4) is 0 Å². The number of carbonyl (C=O) groups is 2. The summed E-state index contributed by atoms with van der Waals surface area (Å²) in [6.07, 6.45) is -0.224. The van der Waals surface area contributed by atoms with E-state index < -0.39 is 40.7 Å². The monoisotopic (exact) mass is 417 g/mol. The molecule has 1 aromatic heterocycles. The van der Waals surface area contributed by atoms with E-state index in [2.05, 4.69) is 0 Å². The van der Waals surface area contributed by atoms with Gasteiger partial charge < -0.3 is 35.7 Å². The van der Waals surface area contributed by atoms with Gasteiger partial charge in [-0.2, -0.15) is 0 Å². The molecule has 0 aliphatic heterocycles. The van der Waals surface area contributed by atoms with Crippen molar-refractivity contribution >= 4 is 22.9 Å². The highest BCUT2D eigenvalue weighted by molar-refractivity contribution is 5.89. The molecule has 30 heavy (non-hydrogen) atoms. The maximum Gasteiger partial charge on any atom is 0.320 e. The van der Waals surface area contributed by atoms with Gasteiger partial charge in [-0.1, -0.05) is 30.3 Å². The van der Waals surface area contributed by atoms with E-state index >= 15 is 0 Å². The summed E-state index contributed by atoms with van der Waals surface area (Å²) in [5.41, 5.74) is 5.20. The molecule has 0 amide bonds. The lowest BCUT2D eigenvalue weighted by atomic mass is 10.1. The second kappa shape index (κ2) is 9.43. The average Bonchev–Trinajstić information content (AvgIpc) is 2.70. The highest BCUT2D eigenvalue weighted by Crippen LogP contribution is 2.40. The average molecular weight is 417 g/mol. The number of aliphatic carboxylic acids is 2. The van der Waals surface area contributed by atoms with E-state index in [1.807, 2.05) is 6.07 Å². The van der Waals surface area contributed by atoms with Crippen LogP contribution in [-0.4, -0.2) is 43.5 Å². The first kappa shape index (κ1) is 22.2. The number of hydrogen-bond acceptors (Lipinski definition) is 8. The Hall–Kier alpha value is -4.05. The molecule has 158 valence electrons. The van der Waals surface area contributed by atoms with Crippen LogP contribution in [0.15, 0.2) is 51.7 Å². The van der Waals surface area contributed by atoms with Crippen LogP contribution in [0.5, 0.6) is 17.2 Å². The second-order valence-electron chi connectivity index (χ2n) is 6.18. The van der Waals surface area contributed by atoms with Gasteiger partial charge in [-0.25, -0.2) is 0 Å². The van der Waals surface area contributed by atoms with Crippen molar-refractivity contribution < 1.29 is 39.5 Å². The number of benzene rings is 2. The van der Waals surface area contributed by atoms with Crippen LogP contribution in [0.1, 0.15) is 12.8 Å². The predicted molar refractivity (Wildman–Crippen MR) is 105 cm³/mol. The summed E-state index contributed by atoms with van der Waals surface area (Å²) in [7, 11) is 0. The minimum absolute atomic E-state index is 0.00385.